The van der Waals surface area contributed by atoms with Crippen LogP contribution in [-0.2, 0) is 34.0 Å². The predicted octanol–water partition coefficient (Wildman–Crippen LogP) is 1.41. The van der Waals surface area contributed by atoms with Gasteiger partial charge in [0.1, 0.15) is 5.82 Å². The number of carboxylic acid groups (broad SMARTS) is 3. The molecule has 0 spiro atoms. The number of carboxylic acids is 3. The van der Waals surface area contributed by atoms with Gasteiger partial charge in [-0.2, -0.15) is 0 Å². The van der Waals surface area contributed by atoms with Crippen LogP contribution in [-0.4, -0.2) is 113 Å². The van der Waals surface area contributed by atoms with Crippen LogP contribution in [0.2, 0.25) is 0 Å². The monoisotopic (exact) mass is 615 g/mol. The van der Waals surface area contributed by atoms with Crippen molar-refractivity contribution in [2.45, 2.75) is 44.5 Å². The molecule has 0 saturated carbocycles. The number of hydrogen-bond acceptors (Lipinski definition) is 10. The van der Waals surface area contributed by atoms with Crippen LogP contribution in [0.5, 0.6) is 0 Å². The molecular formula is C29H38FN7O7. The summed E-state index contributed by atoms with van der Waals surface area (Å²) in [5, 5.41) is 33.8. The van der Waals surface area contributed by atoms with Crippen molar-refractivity contribution in [1.82, 2.24) is 29.3 Å². The first kappa shape index (κ1) is 34.0. The molecule has 1 aliphatic heterocycles. The van der Waals surface area contributed by atoms with Crippen molar-refractivity contribution in [1.29, 1.82) is 0 Å². The Hall–Kier alpha value is -4.47. The van der Waals surface area contributed by atoms with Gasteiger partial charge in [-0.1, -0.05) is 18.2 Å². The van der Waals surface area contributed by atoms with E-state index in [1.54, 1.807) is 12.3 Å². The molecule has 1 aliphatic rings. The maximum Gasteiger partial charge on any atom is 0.336 e. The van der Waals surface area contributed by atoms with E-state index in [1.807, 2.05) is 36.9 Å². The predicted molar refractivity (Wildman–Crippen MR) is 156 cm³/mol. The van der Waals surface area contributed by atoms with Gasteiger partial charge in [0.25, 0.3) is 0 Å². The molecule has 0 amide bonds. The fourth-order valence-corrected chi connectivity index (χ4v) is 4.55. The molecule has 4 N–H and O–H groups in total. The summed E-state index contributed by atoms with van der Waals surface area (Å²) in [4.78, 5) is 50.7. The maximum absolute atomic E-state index is 14.3. The van der Waals surface area contributed by atoms with Gasteiger partial charge in [-0.15, -0.1) is 0 Å². The Bertz CT molecular complexity index is 1350. The minimum absolute atomic E-state index is 0.164. The van der Waals surface area contributed by atoms with Crippen molar-refractivity contribution in [3.8, 4) is 0 Å². The van der Waals surface area contributed by atoms with Crippen molar-refractivity contribution >= 4 is 23.9 Å². The Balaban J connectivity index is 0.000000345. The van der Waals surface area contributed by atoms with Gasteiger partial charge >= 0.3 is 17.9 Å². The Kier molecular flexibility index (Phi) is 12.7. The van der Waals surface area contributed by atoms with Crippen molar-refractivity contribution in [2.24, 2.45) is 0 Å². The number of nitrogens with zero attached hydrogens (tertiary/aromatic N) is 7. The molecule has 0 unspecified atom stereocenters. The molecule has 0 aliphatic carbocycles. The molecular weight excluding hydrogens is 577 g/mol. The fourth-order valence-electron chi connectivity index (χ4n) is 4.55. The first-order valence-electron chi connectivity index (χ1n) is 14.0. The van der Waals surface area contributed by atoms with Crippen LogP contribution in [0.3, 0.4) is 0 Å². The third-order valence-electron chi connectivity index (χ3n) is 6.96. The highest BCUT2D eigenvalue weighted by Gasteiger charge is 2.40. The summed E-state index contributed by atoms with van der Waals surface area (Å²) >= 11 is 0. The smallest absolute Gasteiger partial charge is 0.336 e. The van der Waals surface area contributed by atoms with Gasteiger partial charge in [0.05, 0.1) is 24.9 Å². The molecule has 238 valence electrons. The number of carbonyl (C=O) groups is 3. The van der Waals surface area contributed by atoms with Crippen LogP contribution < -0.4 is 4.90 Å². The second-order valence-corrected chi connectivity index (χ2v) is 10.6. The Labute approximate surface area is 254 Å². The number of aryl methyl sites for hydroxylation is 1. The second-order valence-electron chi connectivity index (χ2n) is 10.6. The fraction of sp³-hybridized carbons (Fsp3) is 0.448. The van der Waals surface area contributed by atoms with Gasteiger partial charge < -0.3 is 34.8 Å². The number of hydrogen-bond donors (Lipinski definition) is 4. The van der Waals surface area contributed by atoms with Crippen molar-refractivity contribution in [3.63, 3.8) is 0 Å². The number of aliphatic hydroxyl groups is 1. The normalized spacial score (nSPS) is 13.8. The SMILES string of the molecule is CN1CCN(c2nccc(CN(CCCn3ccnc3)Cc3ccccc3F)n2)CC1.O=C(O)CC(O)(CC(=O)O)C(=O)O. The van der Waals surface area contributed by atoms with Crippen LogP contribution in [0.25, 0.3) is 0 Å². The van der Waals surface area contributed by atoms with Crippen molar-refractivity contribution < 1.29 is 39.2 Å². The zero-order valence-corrected chi connectivity index (χ0v) is 24.5. The van der Waals surface area contributed by atoms with Crippen LogP contribution in [0.4, 0.5) is 10.3 Å². The van der Waals surface area contributed by atoms with Gasteiger partial charge in [-0.05, 0) is 25.6 Å². The molecule has 1 aromatic carbocycles. The molecule has 1 fully saturated rings. The highest BCUT2D eigenvalue weighted by Crippen LogP contribution is 2.17. The number of anilines is 1. The van der Waals surface area contributed by atoms with E-state index >= 15 is 0 Å². The third kappa shape index (κ3) is 11.0. The summed E-state index contributed by atoms with van der Waals surface area (Å²) in [7, 11) is 2.14. The molecule has 14 nitrogen and oxygen atoms in total. The number of imidazole rings is 1. The summed E-state index contributed by atoms with van der Waals surface area (Å²) in [6.07, 6.45) is 6.08. The molecule has 4 rings (SSSR count). The lowest BCUT2D eigenvalue weighted by molar-refractivity contribution is -0.170. The number of benzene rings is 1. The first-order chi connectivity index (χ1) is 20.9. The van der Waals surface area contributed by atoms with E-state index in [4.69, 9.17) is 25.4 Å². The summed E-state index contributed by atoms with van der Waals surface area (Å²) in [6.45, 7) is 6.81. The van der Waals surface area contributed by atoms with Gasteiger partial charge in [-0.3, -0.25) is 14.5 Å². The number of halogens is 1. The molecule has 3 heterocycles. The van der Waals surface area contributed by atoms with E-state index in [9.17, 15) is 18.8 Å². The van der Waals surface area contributed by atoms with Gasteiger partial charge in [0.15, 0.2) is 5.60 Å². The average molecular weight is 616 g/mol. The summed E-state index contributed by atoms with van der Waals surface area (Å²) in [5.74, 6) is -4.40. The number of aliphatic carboxylic acids is 3. The Morgan fingerprint density at radius 1 is 0.977 bits per heavy atom. The summed E-state index contributed by atoms with van der Waals surface area (Å²) in [6, 6.07) is 8.96. The zero-order chi connectivity index (χ0) is 32.1. The molecule has 0 atom stereocenters. The molecule has 44 heavy (non-hydrogen) atoms. The van der Waals surface area contributed by atoms with E-state index in [1.165, 1.54) is 6.07 Å². The van der Waals surface area contributed by atoms with Gasteiger partial charge in [-0.25, -0.2) is 24.1 Å². The van der Waals surface area contributed by atoms with Gasteiger partial charge in [0.2, 0.25) is 5.95 Å². The van der Waals surface area contributed by atoms with E-state index < -0.39 is 36.4 Å². The highest BCUT2D eigenvalue weighted by molar-refractivity contribution is 5.88. The number of likely N-dealkylation sites (N-methyl/N-ethyl adjacent to an activating group) is 1. The van der Waals surface area contributed by atoms with Crippen LogP contribution >= 0.6 is 0 Å². The Morgan fingerprint density at radius 2 is 1.66 bits per heavy atom. The van der Waals surface area contributed by atoms with Crippen molar-refractivity contribution in [2.75, 3.05) is 44.7 Å². The Morgan fingerprint density at radius 3 is 2.25 bits per heavy atom. The first-order valence-corrected chi connectivity index (χ1v) is 14.0. The molecule has 1 saturated heterocycles. The quantitative estimate of drug-likeness (QED) is 0.204. The number of rotatable bonds is 14. The lowest BCUT2D eigenvalue weighted by atomic mass is 9.96. The van der Waals surface area contributed by atoms with Crippen LogP contribution in [0.15, 0.2) is 55.2 Å². The highest BCUT2D eigenvalue weighted by atomic mass is 19.1. The third-order valence-corrected chi connectivity index (χ3v) is 6.96. The summed E-state index contributed by atoms with van der Waals surface area (Å²) in [5.41, 5.74) is -1.07. The lowest BCUT2D eigenvalue weighted by Crippen LogP contribution is -2.45. The van der Waals surface area contributed by atoms with E-state index in [2.05, 4.69) is 36.3 Å². The number of aromatic nitrogens is 4. The van der Waals surface area contributed by atoms with Crippen LogP contribution in [0, 0.1) is 5.82 Å². The summed E-state index contributed by atoms with van der Waals surface area (Å²) < 4.78 is 16.4. The molecule has 0 radical (unpaired) electrons. The zero-order valence-electron chi connectivity index (χ0n) is 24.5. The largest absolute Gasteiger partial charge is 0.481 e. The molecule has 15 heteroatoms. The lowest BCUT2D eigenvalue weighted by Gasteiger charge is -2.32. The molecule has 2 aromatic heterocycles. The molecule has 0 bridgehead atoms. The minimum Gasteiger partial charge on any atom is -0.481 e. The standard InChI is InChI=1S/C23H30FN7.C6H8O7/c1-28-13-15-31(16-14-28)23-26-8-7-21(27-23)18-30(11-4-10-29-12-9-25-19-29)17-20-5-2-3-6-22(20)24;7-3(8)1-6(13,5(11)12)2-4(9)10/h2-3,5-9,12,19H,4,10-11,13-18H2,1H3;13H,1-2H2,(H,7,8)(H,9,10)(H,11,12). The van der Waals surface area contributed by atoms with Gasteiger partial charge in [0, 0.05) is 76.5 Å². The maximum atomic E-state index is 14.3. The number of piperazine rings is 1. The molecule has 3 aromatic rings. The second kappa shape index (κ2) is 16.4. The van der Waals surface area contributed by atoms with E-state index in [0.717, 1.165) is 57.3 Å². The van der Waals surface area contributed by atoms with Crippen molar-refractivity contribution in [3.05, 3.63) is 72.3 Å². The topological polar surface area (TPSA) is 185 Å². The van der Waals surface area contributed by atoms with E-state index in [0.29, 0.717) is 18.7 Å². The minimum atomic E-state index is -2.74. The van der Waals surface area contributed by atoms with E-state index in [-0.39, 0.29) is 5.82 Å². The van der Waals surface area contributed by atoms with Crippen LogP contribution in [0.1, 0.15) is 30.5 Å². The average Bonchev–Trinajstić information content (AvgIpc) is 3.48.